The molecule has 0 saturated carbocycles. The van der Waals surface area contributed by atoms with E-state index >= 15 is 0 Å². The van der Waals surface area contributed by atoms with E-state index < -0.39 is 0 Å². The Balaban J connectivity index is 1.86. The lowest BCUT2D eigenvalue weighted by Crippen LogP contribution is -2.21. The van der Waals surface area contributed by atoms with Gasteiger partial charge in [-0.15, -0.1) is 0 Å². The van der Waals surface area contributed by atoms with Crippen LogP contribution in [0.5, 0.6) is 0 Å². The number of pyridine rings is 1. The van der Waals surface area contributed by atoms with Crippen molar-refractivity contribution in [2.45, 2.75) is 6.42 Å². The first kappa shape index (κ1) is 15.2. The van der Waals surface area contributed by atoms with Gasteiger partial charge in [0, 0.05) is 24.7 Å². The molecule has 2 aromatic heterocycles. The van der Waals surface area contributed by atoms with E-state index in [1.165, 1.54) is 0 Å². The molecule has 118 valence electrons. The number of H-pyrrole nitrogens is 1. The molecule has 3 rings (SSSR count). The number of hydrogen-bond acceptors (Lipinski definition) is 4. The number of amides is 1. The third kappa shape index (κ3) is 3.54. The normalized spacial score (nSPS) is 11.1. The van der Waals surface area contributed by atoms with Crippen molar-refractivity contribution in [3.8, 4) is 11.1 Å². The average Bonchev–Trinajstić information content (AvgIpc) is 2.96. The SMILES string of the molecule is CN(C)CCC(=O)Nc1[nH]nc2ncc(-c3ccccc3)cc12. The Labute approximate surface area is 134 Å². The lowest BCUT2D eigenvalue weighted by molar-refractivity contribution is -0.116. The number of carbonyl (C=O) groups is 1. The highest BCUT2D eigenvalue weighted by atomic mass is 16.1. The Bertz CT molecular complexity index is 810. The van der Waals surface area contributed by atoms with Crippen molar-refractivity contribution in [2.75, 3.05) is 26.0 Å². The number of anilines is 1. The van der Waals surface area contributed by atoms with E-state index in [2.05, 4.69) is 20.5 Å². The van der Waals surface area contributed by atoms with Gasteiger partial charge in [0.05, 0.1) is 5.39 Å². The van der Waals surface area contributed by atoms with Crippen LogP contribution in [0.15, 0.2) is 42.6 Å². The van der Waals surface area contributed by atoms with E-state index in [4.69, 9.17) is 0 Å². The Morgan fingerprint density at radius 2 is 2.00 bits per heavy atom. The molecular weight excluding hydrogens is 290 g/mol. The lowest BCUT2D eigenvalue weighted by Gasteiger charge is -2.09. The second kappa shape index (κ2) is 6.58. The van der Waals surface area contributed by atoms with E-state index in [0.29, 0.717) is 24.4 Å². The first-order valence-corrected chi connectivity index (χ1v) is 7.47. The second-order valence-corrected chi connectivity index (χ2v) is 5.66. The molecule has 1 aromatic carbocycles. The molecule has 23 heavy (non-hydrogen) atoms. The molecule has 0 aliphatic rings. The highest BCUT2D eigenvalue weighted by Crippen LogP contribution is 2.25. The number of carbonyl (C=O) groups excluding carboxylic acids is 1. The molecule has 0 bridgehead atoms. The first-order valence-electron chi connectivity index (χ1n) is 7.47. The summed E-state index contributed by atoms with van der Waals surface area (Å²) in [6.45, 7) is 0.700. The summed E-state index contributed by atoms with van der Waals surface area (Å²) in [7, 11) is 3.88. The minimum absolute atomic E-state index is 0.0469. The zero-order valence-corrected chi connectivity index (χ0v) is 13.2. The number of nitrogens with zero attached hydrogens (tertiary/aromatic N) is 3. The van der Waals surface area contributed by atoms with Crippen LogP contribution in [-0.4, -0.2) is 46.6 Å². The van der Waals surface area contributed by atoms with Gasteiger partial charge in [0.1, 0.15) is 5.82 Å². The fourth-order valence-corrected chi connectivity index (χ4v) is 2.31. The Hall–Kier alpha value is -2.73. The third-order valence-electron chi connectivity index (χ3n) is 3.57. The van der Waals surface area contributed by atoms with Gasteiger partial charge in [-0.3, -0.25) is 9.89 Å². The Kier molecular flexibility index (Phi) is 4.34. The van der Waals surface area contributed by atoms with Crippen LogP contribution in [0.4, 0.5) is 5.82 Å². The van der Waals surface area contributed by atoms with Crippen molar-refractivity contribution in [1.82, 2.24) is 20.1 Å². The molecule has 2 N–H and O–H groups in total. The minimum atomic E-state index is -0.0469. The second-order valence-electron chi connectivity index (χ2n) is 5.66. The standard InChI is InChI=1S/C17H19N5O/c1-22(2)9-8-15(23)19-17-14-10-13(11-18-16(14)20-21-17)12-6-4-3-5-7-12/h3-7,10-11H,8-9H2,1-2H3,(H2,18,19,20,21,23). The highest BCUT2D eigenvalue weighted by Gasteiger charge is 2.11. The summed E-state index contributed by atoms with van der Waals surface area (Å²) in [6.07, 6.45) is 2.22. The topological polar surface area (TPSA) is 73.9 Å². The van der Waals surface area contributed by atoms with Crippen molar-refractivity contribution in [3.05, 3.63) is 42.6 Å². The summed E-state index contributed by atoms with van der Waals surface area (Å²) in [4.78, 5) is 18.3. The predicted octanol–water partition coefficient (Wildman–Crippen LogP) is 2.52. The highest BCUT2D eigenvalue weighted by molar-refractivity contribution is 5.99. The van der Waals surface area contributed by atoms with Gasteiger partial charge in [-0.05, 0) is 25.7 Å². The fraction of sp³-hybridized carbons (Fsp3) is 0.235. The maximum absolute atomic E-state index is 12.0. The van der Waals surface area contributed by atoms with Crippen LogP contribution in [0, 0.1) is 0 Å². The summed E-state index contributed by atoms with van der Waals surface area (Å²) >= 11 is 0. The van der Waals surface area contributed by atoms with Crippen LogP contribution in [-0.2, 0) is 4.79 Å². The van der Waals surface area contributed by atoms with Gasteiger partial charge in [-0.1, -0.05) is 30.3 Å². The van der Waals surface area contributed by atoms with E-state index in [1.807, 2.05) is 55.4 Å². The van der Waals surface area contributed by atoms with Gasteiger partial charge in [-0.25, -0.2) is 4.98 Å². The molecule has 2 heterocycles. The molecule has 6 nitrogen and oxygen atoms in total. The molecule has 0 fully saturated rings. The lowest BCUT2D eigenvalue weighted by atomic mass is 10.1. The molecule has 0 aliphatic heterocycles. The molecule has 0 atom stereocenters. The fourth-order valence-electron chi connectivity index (χ4n) is 2.31. The number of rotatable bonds is 5. The van der Waals surface area contributed by atoms with Crippen LogP contribution < -0.4 is 5.32 Å². The van der Waals surface area contributed by atoms with Crippen LogP contribution in [0.3, 0.4) is 0 Å². The largest absolute Gasteiger partial charge is 0.310 e. The van der Waals surface area contributed by atoms with Crippen molar-refractivity contribution < 1.29 is 4.79 Å². The van der Waals surface area contributed by atoms with Gasteiger partial charge in [-0.2, -0.15) is 5.10 Å². The monoisotopic (exact) mass is 309 g/mol. The number of aromatic amines is 1. The molecule has 1 amide bonds. The Morgan fingerprint density at radius 3 is 2.74 bits per heavy atom. The van der Waals surface area contributed by atoms with E-state index in [1.54, 1.807) is 6.20 Å². The summed E-state index contributed by atoms with van der Waals surface area (Å²) in [6, 6.07) is 12.0. The average molecular weight is 309 g/mol. The quantitative estimate of drug-likeness (QED) is 0.759. The molecule has 0 unspecified atom stereocenters. The van der Waals surface area contributed by atoms with Crippen molar-refractivity contribution >= 4 is 22.8 Å². The summed E-state index contributed by atoms with van der Waals surface area (Å²) in [5.74, 6) is 0.545. The molecule has 0 radical (unpaired) electrons. The number of hydrogen-bond donors (Lipinski definition) is 2. The van der Waals surface area contributed by atoms with E-state index in [0.717, 1.165) is 16.5 Å². The van der Waals surface area contributed by atoms with E-state index in [-0.39, 0.29) is 5.91 Å². The summed E-state index contributed by atoms with van der Waals surface area (Å²) in [5.41, 5.74) is 2.66. The molecule has 6 heteroatoms. The molecular formula is C17H19N5O. The van der Waals surface area contributed by atoms with Crippen LogP contribution >= 0.6 is 0 Å². The zero-order valence-electron chi connectivity index (χ0n) is 13.2. The molecule has 0 spiro atoms. The van der Waals surface area contributed by atoms with Crippen molar-refractivity contribution in [3.63, 3.8) is 0 Å². The third-order valence-corrected chi connectivity index (χ3v) is 3.57. The van der Waals surface area contributed by atoms with Crippen molar-refractivity contribution in [1.29, 1.82) is 0 Å². The van der Waals surface area contributed by atoms with Crippen LogP contribution in [0.25, 0.3) is 22.2 Å². The van der Waals surface area contributed by atoms with Gasteiger partial charge in [0.25, 0.3) is 0 Å². The number of nitrogens with one attached hydrogen (secondary N) is 2. The van der Waals surface area contributed by atoms with Gasteiger partial charge in [0.15, 0.2) is 5.65 Å². The predicted molar refractivity (Wildman–Crippen MR) is 91.1 cm³/mol. The van der Waals surface area contributed by atoms with Crippen LogP contribution in [0.1, 0.15) is 6.42 Å². The zero-order chi connectivity index (χ0) is 16.2. The van der Waals surface area contributed by atoms with Gasteiger partial charge < -0.3 is 10.2 Å². The van der Waals surface area contributed by atoms with Crippen molar-refractivity contribution in [2.24, 2.45) is 0 Å². The minimum Gasteiger partial charge on any atom is -0.310 e. The molecule has 3 aromatic rings. The molecule has 0 aliphatic carbocycles. The summed E-state index contributed by atoms with van der Waals surface area (Å²) < 4.78 is 0. The maximum Gasteiger partial charge on any atom is 0.226 e. The smallest absolute Gasteiger partial charge is 0.226 e. The Morgan fingerprint density at radius 1 is 1.22 bits per heavy atom. The van der Waals surface area contributed by atoms with Gasteiger partial charge >= 0.3 is 0 Å². The summed E-state index contributed by atoms with van der Waals surface area (Å²) in [5, 5.41) is 10.7. The molecule has 0 saturated heterocycles. The van der Waals surface area contributed by atoms with E-state index in [9.17, 15) is 4.79 Å². The number of aromatic nitrogens is 3. The van der Waals surface area contributed by atoms with Crippen LogP contribution in [0.2, 0.25) is 0 Å². The number of benzene rings is 1. The van der Waals surface area contributed by atoms with Gasteiger partial charge in [0.2, 0.25) is 5.91 Å². The number of fused-ring (bicyclic) bond motifs is 1. The first-order chi connectivity index (χ1) is 11.1. The maximum atomic E-state index is 12.0.